The number of piperidine rings is 1. The molecule has 1 aliphatic heterocycles. The van der Waals surface area contributed by atoms with Gasteiger partial charge in [-0.25, -0.2) is 19.9 Å². The maximum Gasteiger partial charge on any atom is 0.199 e. The number of rotatable bonds is 6. The Balaban J connectivity index is 1.03. The number of H-pyrrole nitrogens is 1. The Morgan fingerprint density at radius 2 is 1.68 bits per heavy atom. The normalized spacial score (nSPS) is 14.6. The number of likely N-dealkylation sites (tertiary alicyclic amines) is 1. The van der Waals surface area contributed by atoms with Gasteiger partial charge in [0.2, 0.25) is 0 Å². The second-order valence-corrected chi connectivity index (χ2v) is 11.0. The summed E-state index contributed by atoms with van der Waals surface area (Å²) >= 11 is 0. The molecule has 4 aromatic heterocycles. The number of aromatic amines is 1. The molecule has 41 heavy (non-hydrogen) atoms. The molecular formula is C33H32N8. The van der Waals surface area contributed by atoms with Gasteiger partial charge < -0.3 is 0 Å². The van der Waals surface area contributed by atoms with Crippen molar-refractivity contribution in [1.82, 2.24) is 39.4 Å². The number of benzene rings is 2. The number of nitrogens with zero attached hydrogens (tertiary/aromatic N) is 7. The summed E-state index contributed by atoms with van der Waals surface area (Å²) in [7, 11) is 0. The second kappa shape index (κ2) is 10.7. The molecule has 0 saturated carbocycles. The third-order valence-corrected chi connectivity index (χ3v) is 7.94. The van der Waals surface area contributed by atoms with E-state index in [-0.39, 0.29) is 0 Å². The topological polar surface area (TPSA) is 87.9 Å². The van der Waals surface area contributed by atoms with Crippen LogP contribution in [0.4, 0.5) is 0 Å². The fourth-order valence-electron chi connectivity index (χ4n) is 5.90. The summed E-state index contributed by atoms with van der Waals surface area (Å²) in [5.74, 6) is 2.05. The Bertz CT molecular complexity index is 1770. The van der Waals surface area contributed by atoms with Crippen LogP contribution in [-0.4, -0.2) is 52.5 Å². The molecular weight excluding hydrogens is 508 g/mol. The molecule has 0 amide bonds. The van der Waals surface area contributed by atoms with Gasteiger partial charge in [0.05, 0.1) is 11.3 Å². The summed E-state index contributed by atoms with van der Waals surface area (Å²) in [6.45, 7) is 7.07. The zero-order chi connectivity index (χ0) is 27.8. The van der Waals surface area contributed by atoms with E-state index in [9.17, 15) is 0 Å². The van der Waals surface area contributed by atoms with Crippen LogP contribution in [0.15, 0.2) is 85.5 Å². The van der Waals surface area contributed by atoms with Gasteiger partial charge in [-0.15, -0.1) is 0 Å². The smallest absolute Gasteiger partial charge is 0.199 e. The molecule has 0 bridgehead atoms. The number of aryl methyl sites for hydroxylation is 2. The lowest BCUT2D eigenvalue weighted by Gasteiger charge is -2.31. The molecule has 1 fully saturated rings. The van der Waals surface area contributed by atoms with E-state index in [1.165, 1.54) is 11.1 Å². The quantitative estimate of drug-likeness (QED) is 0.269. The first-order valence-corrected chi connectivity index (χ1v) is 14.2. The van der Waals surface area contributed by atoms with Gasteiger partial charge in [0.15, 0.2) is 5.82 Å². The van der Waals surface area contributed by atoms with Gasteiger partial charge in [-0.3, -0.25) is 14.4 Å². The van der Waals surface area contributed by atoms with E-state index in [0.29, 0.717) is 11.7 Å². The Labute approximate surface area is 239 Å². The molecule has 1 saturated heterocycles. The van der Waals surface area contributed by atoms with Crippen LogP contribution in [0, 0.1) is 13.8 Å². The number of imidazole rings is 1. The van der Waals surface area contributed by atoms with E-state index in [1.54, 1.807) is 0 Å². The highest BCUT2D eigenvalue weighted by molar-refractivity contribution is 5.89. The molecule has 0 spiro atoms. The van der Waals surface area contributed by atoms with E-state index < -0.39 is 0 Å². The van der Waals surface area contributed by atoms with Crippen LogP contribution in [0.5, 0.6) is 0 Å². The molecule has 0 atom stereocenters. The number of aromatic nitrogens is 7. The Morgan fingerprint density at radius 1 is 0.878 bits per heavy atom. The largest absolute Gasteiger partial charge is 0.299 e. The molecule has 8 heteroatoms. The second-order valence-electron chi connectivity index (χ2n) is 11.0. The molecule has 5 heterocycles. The van der Waals surface area contributed by atoms with Gasteiger partial charge >= 0.3 is 0 Å². The number of nitrogens with one attached hydrogen (secondary N) is 1. The van der Waals surface area contributed by atoms with Crippen molar-refractivity contribution in [2.75, 3.05) is 13.1 Å². The number of hydrogen-bond donors (Lipinski definition) is 1. The van der Waals surface area contributed by atoms with E-state index in [0.717, 1.165) is 77.7 Å². The van der Waals surface area contributed by atoms with Gasteiger partial charge in [0.1, 0.15) is 23.5 Å². The predicted octanol–water partition coefficient (Wildman–Crippen LogP) is 6.24. The molecule has 0 unspecified atom stereocenters. The molecule has 1 aliphatic rings. The van der Waals surface area contributed by atoms with Crippen LogP contribution < -0.4 is 0 Å². The first-order valence-electron chi connectivity index (χ1n) is 14.2. The Kier molecular flexibility index (Phi) is 6.60. The van der Waals surface area contributed by atoms with Gasteiger partial charge in [-0.1, -0.05) is 54.6 Å². The fraction of sp³-hybridized carbons (Fsp3) is 0.242. The molecule has 7 rings (SSSR count). The summed E-state index contributed by atoms with van der Waals surface area (Å²) in [5, 5.41) is 7.67. The third-order valence-electron chi connectivity index (χ3n) is 7.94. The van der Waals surface area contributed by atoms with Crippen molar-refractivity contribution in [3.63, 3.8) is 0 Å². The van der Waals surface area contributed by atoms with Gasteiger partial charge in [-0.2, -0.15) is 5.10 Å². The van der Waals surface area contributed by atoms with E-state index in [4.69, 9.17) is 9.97 Å². The van der Waals surface area contributed by atoms with E-state index in [2.05, 4.69) is 86.6 Å². The average molecular weight is 541 g/mol. The zero-order valence-corrected chi connectivity index (χ0v) is 23.3. The van der Waals surface area contributed by atoms with Gasteiger partial charge in [0, 0.05) is 36.1 Å². The zero-order valence-electron chi connectivity index (χ0n) is 23.3. The summed E-state index contributed by atoms with van der Waals surface area (Å²) < 4.78 is 1.98. The van der Waals surface area contributed by atoms with Crippen LogP contribution in [0.25, 0.3) is 39.5 Å². The van der Waals surface area contributed by atoms with Crippen LogP contribution in [-0.2, 0) is 6.54 Å². The summed E-state index contributed by atoms with van der Waals surface area (Å²) in [4.78, 5) is 21.4. The first kappa shape index (κ1) is 25.3. The van der Waals surface area contributed by atoms with Crippen LogP contribution >= 0.6 is 0 Å². The summed E-state index contributed by atoms with van der Waals surface area (Å²) in [6, 6.07) is 23.3. The average Bonchev–Trinajstić information content (AvgIpc) is 3.68. The minimum atomic E-state index is 0.390. The first-order chi connectivity index (χ1) is 20.1. The number of fused-ring (bicyclic) bond motifs is 1. The molecule has 0 aliphatic carbocycles. The standard InChI is InChI=1S/C33H32N8/c1-22-18-23(2)36-28(19-22)32-37-31(38-39-32)27-12-15-40(16-13-27)20-24-8-10-26(11-9-24)30-29(25-6-4-3-5-7-25)33-34-14-17-41(33)21-35-30/h3-11,14,17-19,21,27H,12-13,15-16,20H2,1-2H3,(H,37,38,39). The van der Waals surface area contributed by atoms with E-state index in [1.807, 2.05) is 42.2 Å². The van der Waals surface area contributed by atoms with Crippen molar-refractivity contribution < 1.29 is 0 Å². The van der Waals surface area contributed by atoms with E-state index >= 15 is 0 Å². The lowest BCUT2D eigenvalue weighted by Crippen LogP contribution is -2.32. The molecule has 6 aromatic rings. The van der Waals surface area contributed by atoms with Crippen LogP contribution in [0.2, 0.25) is 0 Å². The molecule has 8 nitrogen and oxygen atoms in total. The van der Waals surface area contributed by atoms with Crippen molar-refractivity contribution in [3.8, 4) is 33.9 Å². The predicted molar refractivity (Wildman–Crippen MR) is 160 cm³/mol. The minimum absolute atomic E-state index is 0.390. The van der Waals surface area contributed by atoms with Gasteiger partial charge in [0.25, 0.3) is 0 Å². The van der Waals surface area contributed by atoms with Gasteiger partial charge in [-0.05, 0) is 68.6 Å². The van der Waals surface area contributed by atoms with Crippen molar-refractivity contribution in [1.29, 1.82) is 0 Å². The lowest BCUT2D eigenvalue weighted by atomic mass is 9.95. The summed E-state index contributed by atoms with van der Waals surface area (Å²) in [5.41, 5.74) is 9.42. The molecule has 1 N–H and O–H groups in total. The highest BCUT2D eigenvalue weighted by atomic mass is 15.2. The maximum atomic E-state index is 4.83. The minimum Gasteiger partial charge on any atom is -0.299 e. The molecule has 204 valence electrons. The summed E-state index contributed by atoms with van der Waals surface area (Å²) in [6.07, 6.45) is 7.72. The lowest BCUT2D eigenvalue weighted by molar-refractivity contribution is 0.202. The number of pyridine rings is 1. The van der Waals surface area contributed by atoms with Crippen molar-refractivity contribution in [2.24, 2.45) is 0 Å². The monoisotopic (exact) mass is 540 g/mol. The van der Waals surface area contributed by atoms with Crippen LogP contribution in [0.1, 0.15) is 41.4 Å². The fourth-order valence-corrected chi connectivity index (χ4v) is 5.90. The van der Waals surface area contributed by atoms with Crippen LogP contribution in [0.3, 0.4) is 0 Å². The Hall–Kier alpha value is -4.69. The molecule has 2 aromatic carbocycles. The highest BCUT2D eigenvalue weighted by Crippen LogP contribution is 2.34. The SMILES string of the molecule is Cc1cc(C)nc(-c2n[nH]c(C3CCN(Cc4ccc(-c5ncn6ccnc6c5-c5ccccc5)cc4)CC3)n2)c1. The molecule has 0 radical (unpaired) electrons. The Morgan fingerprint density at radius 3 is 2.46 bits per heavy atom. The maximum absolute atomic E-state index is 4.83. The van der Waals surface area contributed by atoms with Crippen molar-refractivity contribution in [3.05, 3.63) is 108 Å². The third kappa shape index (κ3) is 5.14. The number of hydrogen-bond acceptors (Lipinski definition) is 6. The van der Waals surface area contributed by atoms with Crippen molar-refractivity contribution in [2.45, 2.75) is 39.2 Å². The highest BCUT2D eigenvalue weighted by Gasteiger charge is 2.24. The van der Waals surface area contributed by atoms with Crippen molar-refractivity contribution >= 4 is 5.65 Å².